The summed E-state index contributed by atoms with van der Waals surface area (Å²) < 4.78 is 5.44. The van der Waals surface area contributed by atoms with Gasteiger partial charge < -0.3 is 20.1 Å². The van der Waals surface area contributed by atoms with Crippen LogP contribution in [0.15, 0.2) is 48.5 Å². The molecule has 1 atom stereocenters. The van der Waals surface area contributed by atoms with Crippen LogP contribution >= 0.6 is 0 Å². The molecule has 4 rings (SSSR count). The van der Waals surface area contributed by atoms with Crippen LogP contribution in [0.25, 0.3) is 0 Å². The number of likely N-dealkylation sites (N-methyl/N-ethyl adjacent to an activating group) is 1. The van der Waals surface area contributed by atoms with E-state index in [0.717, 1.165) is 57.8 Å². The van der Waals surface area contributed by atoms with Crippen molar-refractivity contribution in [3.05, 3.63) is 65.2 Å². The van der Waals surface area contributed by atoms with Crippen LogP contribution in [0.2, 0.25) is 0 Å². The zero-order valence-electron chi connectivity index (χ0n) is 18.1. The van der Waals surface area contributed by atoms with Gasteiger partial charge in [-0.2, -0.15) is 0 Å². The van der Waals surface area contributed by atoms with Crippen molar-refractivity contribution in [2.45, 2.75) is 44.5 Å². The monoisotopic (exact) mass is 409 g/mol. The highest BCUT2D eigenvalue weighted by Crippen LogP contribution is 2.20. The molecule has 2 aromatic carbocycles. The van der Waals surface area contributed by atoms with Crippen molar-refractivity contribution in [2.24, 2.45) is 0 Å². The molecule has 1 fully saturated rings. The first-order chi connectivity index (χ1) is 14.7. The van der Waals surface area contributed by atoms with Crippen LogP contribution in [-0.2, 0) is 24.2 Å². The van der Waals surface area contributed by atoms with Crippen LogP contribution < -0.4 is 10.2 Å². The molecule has 2 aromatic rings. The highest BCUT2D eigenvalue weighted by molar-refractivity contribution is 5.48. The van der Waals surface area contributed by atoms with E-state index in [1.165, 1.54) is 16.7 Å². The standard InChI is InChI=1S/C25H35N3O2/c1-27(18-25(29)19-28-12-9-21-6-2-3-7-22(21)17-28)24-8-4-5-20(15-24)16-26-23-10-13-30-14-11-23/h2-8,15,23,25-26,29H,9-14,16-19H2,1H3. The van der Waals surface area contributed by atoms with Gasteiger partial charge in [0.25, 0.3) is 0 Å². The van der Waals surface area contributed by atoms with Crippen LogP contribution in [0.1, 0.15) is 29.5 Å². The number of β-amino-alcohol motifs (C(OH)–C–C–N with tert-alkyl or cyclic N) is 1. The summed E-state index contributed by atoms with van der Waals surface area (Å²) in [7, 11) is 2.07. The summed E-state index contributed by atoms with van der Waals surface area (Å²) in [6.07, 6.45) is 2.88. The molecule has 2 heterocycles. The lowest BCUT2D eigenvalue weighted by atomic mass is 10.00. The maximum absolute atomic E-state index is 10.7. The summed E-state index contributed by atoms with van der Waals surface area (Å²) in [6.45, 7) is 5.90. The first kappa shape index (κ1) is 21.3. The number of aliphatic hydroxyl groups excluding tert-OH is 1. The topological polar surface area (TPSA) is 48.0 Å². The van der Waals surface area contributed by atoms with Gasteiger partial charge in [0, 0.05) is 64.7 Å². The lowest BCUT2D eigenvalue weighted by molar-refractivity contribution is 0.0776. The SMILES string of the molecule is CN(CC(O)CN1CCc2ccccc2C1)c1cccc(CNC2CCOCC2)c1. The number of benzene rings is 2. The molecule has 162 valence electrons. The average Bonchev–Trinajstić information content (AvgIpc) is 2.78. The predicted octanol–water partition coefficient (Wildman–Crippen LogP) is 2.81. The van der Waals surface area contributed by atoms with Crippen molar-refractivity contribution in [3.8, 4) is 0 Å². The largest absolute Gasteiger partial charge is 0.390 e. The molecule has 1 unspecified atom stereocenters. The number of hydrogen-bond acceptors (Lipinski definition) is 5. The van der Waals surface area contributed by atoms with Crippen molar-refractivity contribution < 1.29 is 9.84 Å². The molecule has 2 aliphatic heterocycles. The second kappa shape index (κ2) is 10.4. The Morgan fingerprint density at radius 2 is 1.93 bits per heavy atom. The Labute approximate surface area is 180 Å². The van der Waals surface area contributed by atoms with Gasteiger partial charge >= 0.3 is 0 Å². The van der Waals surface area contributed by atoms with Gasteiger partial charge in [0.05, 0.1) is 6.10 Å². The first-order valence-electron chi connectivity index (χ1n) is 11.3. The normalized spacial score (nSPS) is 18.7. The van der Waals surface area contributed by atoms with Crippen LogP contribution in [0.4, 0.5) is 5.69 Å². The van der Waals surface area contributed by atoms with E-state index in [-0.39, 0.29) is 6.10 Å². The number of nitrogens with one attached hydrogen (secondary N) is 1. The minimum Gasteiger partial charge on any atom is -0.390 e. The van der Waals surface area contributed by atoms with Gasteiger partial charge in [0.2, 0.25) is 0 Å². The number of ether oxygens (including phenoxy) is 1. The summed E-state index contributed by atoms with van der Waals surface area (Å²) in [5.41, 5.74) is 5.29. The van der Waals surface area contributed by atoms with Gasteiger partial charge in [-0.25, -0.2) is 0 Å². The van der Waals surface area contributed by atoms with Crippen LogP contribution in [0.5, 0.6) is 0 Å². The number of anilines is 1. The molecule has 0 saturated carbocycles. The van der Waals surface area contributed by atoms with Gasteiger partial charge in [-0.15, -0.1) is 0 Å². The van der Waals surface area contributed by atoms with Gasteiger partial charge in [-0.3, -0.25) is 4.90 Å². The Morgan fingerprint density at radius 1 is 1.13 bits per heavy atom. The maximum atomic E-state index is 10.7. The van der Waals surface area contributed by atoms with Crippen molar-refractivity contribution >= 4 is 5.69 Å². The Hall–Kier alpha value is -1.92. The molecule has 0 radical (unpaired) electrons. The fraction of sp³-hybridized carbons (Fsp3) is 0.520. The smallest absolute Gasteiger partial charge is 0.0841 e. The van der Waals surface area contributed by atoms with Gasteiger partial charge in [0.15, 0.2) is 0 Å². The van der Waals surface area contributed by atoms with E-state index in [9.17, 15) is 5.11 Å². The lowest BCUT2D eigenvalue weighted by Crippen LogP contribution is -2.41. The second-order valence-corrected chi connectivity index (χ2v) is 8.73. The summed E-state index contributed by atoms with van der Waals surface area (Å²) in [6, 6.07) is 17.9. The maximum Gasteiger partial charge on any atom is 0.0841 e. The average molecular weight is 410 g/mol. The zero-order chi connectivity index (χ0) is 20.8. The highest BCUT2D eigenvalue weighted by Gasteiger charge is 2.19. The zero-order valence-corrected chi connectivity index (χ0v) is 18.1. The Bertz CT molecular complexity index is 806. The molecule has 0 spiro atoms. The van der Waals surface area contributed by atoms with Crippen molar-refractivity contribution in [3.63, 3.8) is 0 Å². The number of nitrogens with zero attached hydrogens (tertiary/aromatic N) is 2. The summed E-state index contributed by atoms with van der Waals surface area (Å²) in [5.74, 6) is 0. The Balaban J connectivity index is 1.26. The van der Waals surface area contributed by atoms with E-state index < -0.39 is 0 Å². The van der Waals surface area contributed by atoms with E-state index in [0.29, 0.717) is 19.1 Å². The molecule has 0 aromatic heterocycles. The fourth-order valence-electron chi connectivity index (χ4n) is 4.56. The van der Waals surface area contributed by atoms with E-state index in [1.54, 1.807) is 0 Å². The predicted molar refractivity (Wildman–Crippen MR) is 122 cm³/mol. The van der Waals surface area contributed by atoms with E-state index in [2.05, 4.69) is 70.7 Å². The number of fused-ring (bicyclic) bond motifs is 1. The molecule has 0 bridgehead atoms. The van der Waals surface area contributed by atoms with Crippen molar-refractivity contribution in [1.82, 2.24) is 10.2 Å². The number of aliphatic hydroxyl groups is 1. The lowest BCUT2D eigenvalue weighted by Gasteiger charge is -2.32. The summed E-state index contributed by atoms with van der Waals surface area (Å²) in [4.78, 5) is 4.54. The molecule has 5 nitrogen and oxygen atoms in total. The van der Waals surface area contributed by atoms with Gasteiger partial charge in [0.1, 0.15) is 0 Å². The molecule has 5 heteroatoms. The van der Waals surface area contributed by atoms with Crippen LogP contribution in [-0.4, -0.2) is 62.0 Å². The third-order valence-electron chi connectivity index (χ3n) is 6.33. The Kier molecular flexibility index (Phi) is 7.39. The quantitative estimate of drug-likeness (QED) is 0.702. The molecule has 2 N–H and O–H groups in total. The highest BCUT2D eigenvalue weighted by atomic mass is 16.5. The van der Waals surface area contributed by atoms with E-state index in [1.807, 2.05) is 0 Å². The minimum absolute atomic E-state index is 0.371. The van der Waals surface area contributed by atoms with Crippen molar-refractivity contribution in [2.75, 3.05) is 44.8 Å². The molecule has 0 aliphatic carbocycles. The van der Waals surface area contributed by atoms with E-state index in [4.69, 9.17) is 4.74 Å². The minimum atomic E-state index is -0.371. The first-order valence-corrected chi connectivity index (χ1v) is 11.3. The molecule has 1 saturated heterocycles. The number of hydrogen-bond donors (Lipinski definition) is 2. The summed E-state index contributed by atoms with van der Waals surface area (Å²) >= 11 is 0. The molecule has 30 heavy (non-hydrogen) atoms. The summed E-state index contributed by atoms with van der Waals surface area (Å²) in [5, 5.41) is 14.4. The van der Waals surface area contributed by atoms with Gasteiger partial charge in [-0.05, 0) is 48.1 Å². The molecule has 0 amide bonds. The Morgan fingerprint density at radius 3 is 2.77 bits per heavy atom. The van der Waals surface area contributed by atoms with Gasteiger partial charge in [-0.1, -0.05) is 36.4 Å². The van der Waals surface area contributed by atoms with Crippen LogP contribution in [0, 0.1) is 0 Å². The third-order valence-corrected chi connectivity index (χ3v) is 6.33. The fourth-order valence-corrected chi connectivity index (χ4v) is 4.56. The van der Waals surface area contributed by atoms with Crippen LogP contribution in [0.3, 0.4) is 0 Å². The second-order valence-electron chi connectivity index (χ2n) is 8.73. The number of rotatable bonds is 8. The van der Waals surface area contributed by atoms with E-state index >= 15 is 0 Å². The van der Waals surface area contributed by atoms with Crippen molar-refractivity contribution in [1.29, 1.82) is 0 Å². The third kappa shape index (κ3) is 5.82. The molecule has 2 aliphatic rings. The molecular weight excluding hydrogens is 374 g/mol. The molecular formula is C25H35N3O2.